The minimum absolute atomic E-state index is 0.114. The molecule has 0 spiro atoms. The number of rotatable bonds is 2. The van der Waals surface area contributed by atoms with Gasteiger partial charge in [0.15, 0.2) is 0 Å². The van der Waals surface area contributed by atoms with Crippen molar-refractivity contribution in [3.05, 3.63) is 27.4 Å². The van der Waals surface area contributed by atoms with Crippen LogP contribution in [0.15, 0.2) is 4.79 Å². The summed E-state index contributed by atoms with van der Waals surface area (Å²) in [6.45, 7) is 0. The fraction of sp³-hybridized carbons (Fsp3) is 0.636. The first kappa shape index (κ1) is 8.21. The average molecular weight is 190 g/mol. The van der Waals surface area contributed by atoms with Crippen molar-refractivity contribution >= 4 is 0 Å². The third-order valence-electron chi connectivity index (χ3n) is 3.17. The van der Waals surface area contributed by atoms with Gasteiger partial charge in [-0.25, -0.2) is 4.98 Å². The highest BCUT2D eigenvalue weighted by Gasteiger charge is 2.24. The van der Waals surface area contributed by atoms with E-state index in [1.165, 1.54) is 12.8 Å². The highest BCUT2D eigenvalue weighted by molar-refractivity contribution is 5.22. The minimum Gasteiger partial charge on any atom is -0.310 e. The SMILES string of the molecule is O=c1[nH]c(CC2CC2)nc2c1CCC2. The summed E-state index contributed by atoms with van der Waals surface area (Å²) in [6, 6.07) is 0. The van der Waals surface area contributed by atoms with Crippen molar-refractivity contribution in [1.82, 2.24) is 9.97 Å². The molecule has 0 aliphatic heterocycles. The van der Waals surface area contributed by atoms with Gasteiger partial charge >= 0.3 is 0 Å². The van der Waals surface area contributed by atoms with Crippen molar-refractivity contribution in [2.45, 2.75) is 38.5 Å². The van der Waals surface area contributed by atoms with E-state index in [9.17, 15) is 4.79 Å². The molecule has 2 aliphatic rings. The van der Waals surface area contributed by atoms with E-state index in [0.717, 1.165) is 48.7 Å². The molecule has 0 radical (unpaired) electrons. The molecule has 1 aromatic heterocycles. The lowest BCUT2D eigenvalue weighted by Gasteiger charge is -2.02. The Balaban J connectivity index is 1.98. The van der Waals surface area contributed by atoms with Gasteiger partial charge in [0.05, 0.1) is 5.69 Å². The molecule has 0 atom stereocenters. The third kappa shape index (κ3) is 1.37. The number of aromatic nitrogens is 2. The highest BCUT2D eigenvalue weighted by Crippen LogP contribution is 2.31. The van der Waals surface area contributed by atoms with Crippen LogP contribution in [0, 0.1) is 5.92 Å². The van der Waals surface area contributed by atoms with E-state index >= 15 is 0 Å². The molecule has 1 N–H and O–H groups in total. The second-order valence-corrected chi connectivity index (χ2v) is 4.44. The van der Waals surface area contributed by atoms with Gasteiger partial charge in [-0.2, -0.15) is 0 Å². The Kier molecular flexibility index (Phi) is 1.72. The summed E-state index contributed by atoms with van der Waals surface area (Å²) in [5.74, 6) is 1.70. The van der Waals surface area contributed by atoms with Crippen LogP contribution in [-0.4, -0.2) is 9.97 Å². The number of hydrogen-bond donors (Lipinski definition) is 1. The molecule has 3 nitrogen and oxygen atoms in total. The van der Waals surface area contributed by atoms with E-state index in [2.05, 4.69) is 9.97 Å². The Hall–Kier alpha value is -1.12. The molecular weight excluding hydrogens is 176 g/mol. The molecule has 1 fully saturated rings. The summed E-state index contributed by atoms with van der Waals surface area (Å²) < 4.78 is 0. The molecule has 0 bridgehead atoms. The summed E-state index contributed by atoms with van der Waals surface area (Å²) in [7, 11) is 0. The summed E-state index contributed by atoms with van der Waals surface area (Å²) in [6.07, 6.45) is 6.60. The molecule has 74 valence electrons. The molecule has 3 heteroatoms. The van der Waals surface area contributed by atoms with Gasteiger partial charge in [-0.1, -0.05) is 0 Å². The number of aromatic amines is 1. The Morgan fingerprint density at radius 1 is 1.36 bits per heavy atom. The number of nitrogens with one attached hydrogen (secondary N) is 1. The number of aryl methyl sites for hydroxylation is 1. The van der Waals surface area contributed by atoms with Crippen LogP contribution < -0.4 is 5.56 Å². The summed E-state index contributed by atoms with van der Waals surface area (Å²) in [5.41, 5.74) is 2.11. The van der Waals surface area contributed by atoms with Crippen molar-refractivity contribution in [3.63, 3.8) is 0 Å². The van der Waals surface area contributed by atoms with Gasteiger partial charge in [-0.05, 0) is 38.0 Å². The normalized spacial score (nSPS) is 19.7. The van der Waals surface area contributed by atoms with Crippen molar-refractivity contribution in [2.75, 3.05) is 0 Å². The van der Waals surface area contributed by atoms with Gasteiger partial charge in [0, 0.05) is 12.0 Å². The van der Waals surface area contributed by atoms with E-state index in [1.807, 2.05) is 0 Å². The maximum absolute atomic E-state index is 11.6. The van der Waals surface area contributed by atoms with Crippen molar-refractivity contribution < 1.29 is 0 Å². The Bertz CT molecular complexity index is 418. The van der Waals surface area contributed by atoms with E-state index in [0.29, 0.717) is 0 Å². The van der Waals surface area contributed by atoms with Gasteiger partial charge in [0.25, 0.3) is 5.56 Å². The molecular formula is C11H14N2O. The first-order chi connectivity index (χ1) is 6.83. The summed E-state index contributed by atoms with van der Waals surface area (Å²) >= 11 is 0. The van der Waals surface area contributed by atoms with Crippen LogP contribution in [-0.2, 0) is 19.3 Å². The van der Waals surface area contributed by atoms with Gasteiger partial charge < -0.3 is 4.98 Å². The largest absolute Gasteiger partial charge is 0.310 e. The second kappa shape index (κ2) is 2.94. The maximum atomic E-state index is 11.6. The van der Waals surface area contributed by atoms with E-state index in [1.54, 1.807) is 0 Å². The Morgan fingerprint density at radius 3 is 3.00 bits per heavy atom. The molecule has 0 saturated heterocycles. The van der Waals surface area contributed by atoms with Gasteiger partial charge in [-0.3, -0.25) is 4.79 Å². The quantitative estimate of drug-likeness (QED) is 0.762. The molecule has 3 rings (SSSR count). The number of hydrogen-bond acceptors (Lipinski definition) is 2. The van der Waals surface area contributed by atoms with E-state index in [4.69, 9.17) is 0 Å². The highest BCUT2D eigenvalue weighted by atomic mass is 16.1. The Labute approximate surface area is 82.6 Å². The lowest BCUT2D eigenvalue weighted by molar-refractivity contribution is 0.752. The molecule has 0 aromatic carbocycles. The number of fused-ring (bicyclic) bond motifs is 1. The lowest BCUT2D eigenvalue weighted by atomic mass is 10.2. The number of nitrogens with zero attached hydrogens (tertiary/aromatic N) is 1. The average Bonchev–Trinajstić information content (AvgIpc) is 2.82. The van der Waals surface area contributed by atoms with Crippen LogP contribution in [0.4, 0.5) is 0 Å². The van der Waals surface area contributed by atoms with Crippen molar-refractivity contribution in [1.29, 1.82) is 0 Å². The minimum atomic E-state index is 0.114. The van der Waals surface area contributed by atoms with Crippen LogP contribution in [0.1, 0.15) is 36.3 Å². The molecule has 0 unspecified atom stereocenters. The topological polar surface area (TPSA) is 45.8 Å². The van der Waals surface area contributed by atoms with Crippen LogP contribution >= 0.6 is 0 Å². The monoisotopic (exact) mass is 190 g/mol. The molecule has 1 saturated carbocycles. The van der Waals surface area contributed by atoms with E-state index in [-0.39, 0.29) is 5.56 Å². The van der Waals surface area contributed by atoms with Crippen LogP contribution in [0.2, 0.25) is 0 Å². The zero-order chi connectivity index (χ0) is 9.54. The fourth-order valence-corrected chi connectivity index (χ4v) is 2.19. The van der Waals surface area contributed by atoms with Crippen LogP contribution in [0.5, 0.6) is 0 Å². The molecule has 1 heterocycles. The van der Waals surface area contributed by atoms with E-state index < -0.39 is 0 Å². The smallest absolute Gasteiger partial charge is 0.254 e. The molecule has 1 aromatic rings. The van der Waals surface area contributed by atoms with Gasteiger partial charge in [0.1, 0.15) is 5.82 Å². The lowest BCUT2D eigenvalue weighted by Crippen LogP contribution is -2.17. The fourth-order valence-electron chi connectivity index (χ4n) is 2.19. The third-order valence-corrected chi connectivity index (χ3v) is 3.17. The Morgan fingerprint density at radius 2 is 2.21 bits per heavy atom. The predicted molar refractivity (Wildman–Crippen MR) is 53.3 cm³/mol. The predicted octanol–water partition coefficient (Wildman–Crippen LogP) is 1.21. The molecule has 0 amide bonds. The van der Waals surface area contributed by atoms with Crippen LogP contribution in [0.25, 0.3) is 0 Å². The summed E-state index contributed by atoms with van der Waals surface area (Å²) in [4.78, 5) is 19.1. The van der Waals surface area contributed by atoms with Crippen molar-refractivity contribution in [2.24, 2.45) is 5.92 Å². The maximum Gasteiger partial charge on any atom is 0.254 e. The van der Waals surface area contributed by atoms with Gasteiger partial charge in [0.2, 0.25) is 0 Å². The van der Waals surface area contributed by atoms with Crippen molar-refractivity contribution in [3.8, 4) is 0 Å². The molecule has 2 aliphatic carbocycles. The standard InChI is InChI=1S/C11H14N2O/c14-11-8-2-1-3-9(8)12-10(13-11)6-7-4-5-7/h7H,1-6H2,(H,12,13,14). The van der Waals surface area contributed by atoms with Gasteiger partial charge in [-0.15, -0.1) is 0 Å². The molecule has 14 heavy (non-hydrogen) atoms. The first-order valence-electron chi connectivity index (χ1n) is 5.44. The second-order valence-electron chi connectivity index (χ2n) is 4.44. The zero-order valence-electron chi connectivity index (χ0n) is 8.18. The first-order valence-corrected chi connectivity index (χ1v) is 5.44. The van der Waals surface area contributed by atoms with Crippen LogP contribution in [0.3, 0.4) is 0 Å². The zero-order valence-corrected chi connectivity index (χ0v) is 8.18. The number of H-pyrrole nitrogens is 1. The summed E-state index contributed by atoms with van der Waals surface area (Å²) in [5, 5.41) is 0.